The maximum atomic E-state index is 13.6. The van der Waals surface area contributed by atoms with Crippen molar-refractivity contribution < 1.29 is 4.79 Å². The van der Waals surface area contributed by atoms with Crippen molar-refractivity contribution in [1.29, 1.82) is 0 Å². The molecule has 2 aliphatic heterocycles. The van der Waals surface area contributed by atoms with E-state index in [0.717, 1.165) is 73.8 Å². The average Bonchev–Trinajstić information content (AvgIpc) is 3.34. The Morgan fingerprint density at radius 1 is 0.966 bits per heavy atom. The number of amides is 1. The maximum absolute atomic E-state index is 13.6. The Morgan fingerprint density at radius 3 is 2.69 bits per heavy atom. The molecule has 0 aliphatic carbocycles. The summed E-state index contributed by atoms with van der Waals surface area (Å²) in [6.45, 7) is 3.45. The molecule has 1 amide bonds. The van der Waals surface area contributed by atoms with Crippen molar-refractivity contribution in [3.63, 3.8) is 0 Å². The highest BCUT2D eigenvalue weighted by Gasteiger charge is 2.35. The number of likely N-dealkylation sites (tertiary alicyclic amines) is 1. The van der Waals surface area contributed by atoms with Gasteiger partial charge in [0, 0.05) is 38.2 Å². The van der Waals surface area contributed by atoms with Crippen LogP contribution < -0.4 is 5.32 Å². The third-order valence-electron chi connectivity index (χ3n) is 5.95. The highest BCUT2D eigenvalue weighted by molar-refractivity contribution is 6.01. The van der Waals surface area contributed by atoms with Crippen LogP contribution in [0.1, 0.15) is 40.9 Å². The minimum atomic E-state index is -0.00863. The Hall–Kier alpha value is -2.99. The predicted octanol–water partition coefficient (Wildman–Crippen LogP) is 3.07. The third-order valence-corrected chi connectivity index (χ3v) is 5.95. The topological polar surface area (TPSA) is 63.1 Å². The van der Waals surface area contributed by atoms with Crippen LogP contribution in [0.4, 0.5) is 0 Å². The predicted molar refractivity (Wildman–Crippen MR) is 111 cm³/mol. The van der Waals surface area contributed by atoms with Gasteiger partial charge in [-0.3, -0.25) is 4.79 Å². The summed E-state index contributed by atoms with van der Waals surface area (Å²) < 4.78 is 2.22. The molecule has 1 N–H and O–H groups in total. The fourth-order valence-corrected chi connectivity index (χ4v) is 4.51. The summed E-state index contributed by atoms with van der Waals surface area (Å²) in [6.07, 6.45) is 2.81. The van der Waals surface area contributed by atoms with Crippen molar-refractivity contribution >= 4 is 5.91 Å². The standard InChI is InChI=1S/C23H25N5O/c29-23(19-10-5-4-9-18(19)17-7-2-1-3-8-17)27-15-6-11-20(27)22-26-25-21-12-13-24-14-16-28(21)22/h1-5,7-10,20,24H,6,11-16H2. The summed E-state index contributed by atoms with van der Waals surface area (Å²) in [6, 6.07) is 18.0. The quantitative estimate of drug-likeness (QED) is 0.750. The Morgan fingerprint density at radius 2 is 1.79 bits per heavy atom. The molecule has 2 aromatic carbocycles. The SMILES string of the molecule is O=C(c1ccccc1-c1ccccc1)N1CCCC1c1nnc2n1CCNCC2. The molecule has 2 aliphatic rings. The summed E-state index contributed by atoms with van der Waals surface area (Å²) in [5.74, 6) is 2.04. The van der Waals surface area contributed by atoms with E-state index in [2.05, 4.69) is 32.2 Å². The van der Waals surface area contributed by atoms with Crippen LogP contribution in [0.3, 0.4) is 0 Å². The molecule has 1 fully saturated rings. The van der Waals surface area contributed by atoms with Gasteiger partial charge in [-0.1, -0.05) is 48.5 Å². The number of fused-ring (bicyclic) bond motifs is 1. The van der Waals surface area contributed by atoms with Crippen LogP contribution in [0.2, 0.25) is 0 Å². The van der Waals surface area contributed by atoms with Crippen LogP contribution in [-0.4, -0.2) is 45.2 Å². The first-order valence-electron chi connectivity index (χ1n) is 10.4. The minimum Gasteiger partial charge on any atom is -0.328 e. The largest absolute Gasteiger partial charge is 0.328 e. The van der Waals surface area contributed by atoms with Gasteiger partial charge in [0.05, 0.1) is 6.04 Å². The number of hydrogen-bond acceptors (Lipinski definition) is 4. The van der Waals surface area contributed by atoms with Crippen molar-refractivity contribution in [2.75, 3.05) is 19.6 Å². The molecule has 1 saturated heterocycles. The molecule has 1 unspecified atom stereocenters. The highest BCUT2D eigenvalue weighted by Crippen LogP contribution is 2.34. The van der Waals surface area contributed by atoms with E-state index in [-0.39, 0.29) is 11.9 Å². The number of nitrogens with zero attached hydrogens (tertiary/aromatic N) is 4. The fourth-order valence-electron chi connectivity index (χ4n) is 4.51. The lowest BCUT2D eigenvalue weighted by Crippen LogP contribution is -2.32. The van der Waals surface area contributed by atoms with E-state index >= 15 is 0 Å². The maximum Gasteiger partial charge on any atom is 0.255 e. The summed E-state index contributed by atoms with van der Waals surface area (Å²) in [5.41, 5.74) is 2.80. The van der Waals surface area contributed by atoms with Crippen molar-refractivity contribution in [2.24, 2.45) is 0 Å². The number of carbonyl (C=O) groups excluding carboxylic acids is 1. The van der Waals surface area contributed by atoms with Gasteiger partial charge >= 0.3 is 0 Å². The van der Waals surface area contributed by atoms with E-state index in [9.17, 15) is 4.79 Å². The summed E-state index contributed by atoms with van der Waals surface area (Å²) in [7, 11) is 0. The second kappa shape index (κ2) is 7.79. The number of aromatic nitrogens is 3. The average molecular weight is 387 g/mol. The molecule has 6 heteroatoms. The summed E-state index contributed by atoms with van der Waals surface area (Å²) in [4.78, 5) is 15.6. The van der Waals surface area contributed by atoms with Gasteiger partial charge in [0.1, 0.15) is 5.82 Å². The number of benzene rings is 2. The van der Waals surface area contributed by atoms with Crippen LogP contribution in [0.5, 0.6) is 0 Å². The van der Waals surface area contributed by atoms with Crippen LogP contribution in [-0.2, 0) is 13.0 Å². The Bertz CT molecular complexity index is 1010. The van der Waals surface area contributed by atoms with E-state index in [0.29, 0.717) is 0 Å². The molecule has 0 spiro atoms. The van der Waals surface area contributed by atoms with Crippen molar-refractivity contribution in [3.05, 3.63) is 71.8 Å². The minimum absolute atomic E-state index is 0.00863. The Kier molecular flexibility index (Phi) is 4.86. The molecule has 3 heterocycles. The first-order valence-corrected chi connectivity index (χ1v) is 10.4. The van der Waals surface area contributed by atoms with Gasteiger partial charge in [0.15, 0.2) is 5.82 Å². The van der Waals surface area contributed by atoms with E-state index in [4.69, 9.17) is 0 Å². The zero-order chi connectivity index (χ0) is 19.6. The normalized spacial score (nSPS) is 19.0. The molecule has 1 aromatic heterocycles. The highest BCUT2D eigenvalue weighted by atomic mass is 16.2. The molecule has 3 aromatic rings. The van der Waals surface area contributed by atoms with Gasteiger partial charge in [0.2, 0.25) is 0 Å². The molecule has 0 radical (unpaired) electrons. The lowest BCUT2D eigenvalue weighted by Gasteiger charge is -2.25. The molecule has 0 saturated carbocycles. The molecule has 5 rings (SSSR count). The number of carbonyl (C=O) groups is 1. The van der Waals surface area contributed by atoms with E-state index < -0.39 is 0 Å². The third kappa shape index (κ3) is 3.34. The lowest BCUT2D eigenvalue weighted by atomic mass is 9.98. The monoisotopic (exact) mass is 387 g/mol. The van der Waals surface area contributed by atoms with Gasteiger partial charge in [-0.25, -0.2) is 0 Å². The molecule has 0 bridgehead atoms. The Balaban J connectivity index is 1.49. The molecular weight excluding hydrogens is 362 g/mol. The fraction of sp³-hybridized carbons (Fsp3) is 0.348. The van der Waals surface area contributed by atoms with Gasteiger partial charge in [-0.2, -0.15) is 0 Å². The van der Waals surface area contributed by atoms with Crippen molar-refractivity contribution in [3.8, 4) is 11.1 Å². The number of hydrogen-bond donors (Lipinski definition) is 1. The molecule has 6 nitrogen and oxygen atoms in total. The second-order valence-electron chi connectivity index (χ2n) is 7.69. The van der Waals surface area contributed by atoms with E-state index in [1.54, 1.807) is 0 Å². The van der Waals surface area contributed by atoms with Crippen LogP contribution in [0.25, 0.3) is 11.1 Å². The lowest BCUT2D eigenvalue weighted by molar-refractivity contribution is 0.0728. The van der Waals surface area contributed by atoms with Crippen molar-refractivity contribution in [2.45, 2.75) is 31.8 Å². The van der Waals surface area contributed by atoms with Gasteiger partial charge in [-0.15, -0.1) is 10.2 Å². The van der Waals surface area contributed by atoms with Gasteiger partial charge in [-0.05, 0) is 30.0 Å². The van der Waals surface area contributed by atoms with Crippen molar-refractivity contribution in [1.82, 2.24) is 25.0 Å². The van der Waals surface area contributed by atoms with Gasteiger partial charge < -0.3 is 14.8 Å². The molecule has 29 heavy (non-hydrogen) atoms. The van der Waals surface area contributed by atoms with Gasteiger partial charge in [0.25, 0.3) is 5.91 Å². The summed E-state index contributed by atoms with van der Waals surface area (Å²) in [5, 5.41) is 12.4. The molecule has 148 valence electrons. The molecular formula is C23H25N5O. The summed E-state index contributed by atoms with van der Waals surface area (Å²) >= 11 is 0. The first kappa shape index (κ1) is 18.1. The second-order valence-corrected chi connectivity index (χ2v) is 7.69. The van der Waals surface area contributed by atoms with E-state index in [1.807, 2.05) is 47.4 Å². The molecule has 1 atom stereocenters. The smallest absolute Gasteiger partial charge is 0.255 e. The number of rotatable bonds is 3. The zero-order valence-corrected chi connectivity index (χ0v) is 16.4. The number of nitrogens with one attached hydrogen (secondary N) is 1. The Labute approximate surface area is 170 Å². The van der Waals surface area contributed by atoms with Crippen LogP contribution in [0, 0.1) is 0 Å². The first-order chi connectivity index (χ1) is 14.3. The van der Waals surface area contributed by atoms with E-state index in [1.165, 1.54) is 0 Å². The van der Waals surface area contributed by atoms with Crippen LogP contribution >= 0.6 is 0 Å². The zero-order valence-electron chi connectivity index (χ0n) is 16.4. The van der Waals surface area contributed by atoms with Crippen LogP contribution in [0.15, 0.2) is 54.6 Å².